The maximum absolute atomic E-state index is 10.6. The summed E-state index contributed by atoms with van der Waals surface area (Å²) in [5.74, 6) is 0.321. The quantitative estimate of drug-likeness (QED) is 0.721. The second kappa shape index (κ2) is 5.48. The maximum Gasteiger partial charge on any atom is 0.0659 e. The van der Waals surface area contributed by atoms with Gasteiger partial charge >= 0.3 is 0 Å². The molecule has 2 atom stereocenters. The molecule has 94 valence electrons. The van der Waals surface area contributed by atoms with Gasteiger partial charge in [-0.3, -0.25) is 0 Å². The summed E-state index contributed by atoms with van der Waals surface area (Å²) >= 11 is 0. The van der Waals surface area contributed by atoms with Crippen LogP contribution < -0.4 is 5.73 Å². The van der Waals surface area contributed by atoms with Crippen molar-refractivity contribution < 1.29 is 9.84 Å². The first kappa shape index (κ1) is 12.3. The van der Waals surface area contributed by atoms with Crippen molar-refractivity contribution in [3.63, 3.8) is 0 Å². The molecule has 1 heterocycles. The third-order valence-corrected chi connectivity index (χ3v) is 4.54. The highest BCUT2D eigenvalue weighted by Gasteiger charge is 2.41. The van der Waals surface area contributed by atoms with Crippen molar-refractivity contribution >= 4 is 0 Å². The molecule has 16 heavy (non-hydrogen) atoms. The van der Waals surface area contributed by atoms with Crippen molar-refractivity contribution in [3.8, 4) is 0 Å². The Hall–Kier alpha value is -0.120. The highest BCUT2D eigenvalue weighted by atomic mass is 16.5. The average Bonchev–Trinajstić information content (AvgIpc) is 2.73. The molecule has 0 radical (unpaired) electrons. The first-order chi connectivity index (χ1) is 7.78. The summed E-state index contributed by atoms with van der Waals surface area (Å²) < 4.78 is 5.39. The minimum absolute atomic E-state index is 0.0190. The summed E-state index contributed by atoms with van der Waals surface area (Å²) in [5.41, 5.74) is 5.96. The Kier molecular flexibility index (Phi) is 4.22. The third-order valence-electron chi connectivity index (χ3n) is 4.54. The second-order valence-electron chi connectivity index (χ2n) is 5.55. The van der Waals surface area contributed by atoms with Crippen LogP contribution >= 0.6 is 0 Å². The first-order valence-corrected chi connectivity index (χ1v) is 6.74. The fraction of sp³-hybridized carbons (Fsp3) is 1.00. The smallest absolute Gasteiger partial charge is 0.0659 e. The molecule has 3 nitrogen and oxygen atoms in total. The summed E-state index contributed by atoms with van der Waals surface area (Å²) in [7, 11) is 0. The predicted octanol–water partition coefficient (Wildman–Crippen LogP) is 1.68. The van der Waals surface area contributed by atoms with E-state index in [0.717, 1.165) is 32.5 Å². The zero-order valence-electron chi connectivity index (χ0n) is 10.2. The van der Waals surface area contributed by atoms with Gasteiger partial charge in [0.2, 0.25) is 0 Å². The number of rotatable bonds is 3. The van der Waals surface area contributed by atoms with Crippen LogP contribution in [0.15, 0.2) is 0 Å². The van der Waals surface area contributed by atoms with E-state index in [2.05, 4.69) is 0 Å². The van der Waals surface area contributed by atoms with Crippen molar-refractivity contribution in [2.45, 2.75) is 51.0 Å². The molecule has 0 spiro atoms. The molecule has 3 heteroatoms. The molecule has 2 fully saturated rings. The van der Waals surface area contributed by atoms with E-state index >= 15 is 0 Å². The van der Waals surface area contributed by atoms with Gasteiger partial charge in [0.15, 0.2) is 0 Å². The summed E-state index contributed by atoms with van der Waals surface area (Å²) in [6.45, 7) is 2.16. The van der Waals surface area contributed by atoms with Gasteiger partial charge in [-0.25, -0.2) is 0 Å². The lowest BCUT2D eigenvalue weighted by Gasteiger charge is -2.39. The summed E-state index contributed by atoms with van der Waals surface area (Å²) in [5, 5.41) is 10.6. The van der Waals surface area contributed by atoms with Gasteiger partial charge in [0.25, 0.3) is 0 Å². The van der Waals surface area contributed by atoms with Crippen LogP contribution in [0.2, 0.25) is 0 Å². The van der Waals surface area contributed by atoms with Crippen molar-refractivity contribution in [1.82, 2.24) is 0 Å². The molecule has 2 unspecified atom stereocenters. The van der Waals surface area contributed by atoms with E-state index in [1.807, 2.05) is 0 Å². The molecule has 0 aromatic carbocycles. The summed E-state index contributed by atoms with van der Waals surface area (Å²) in [6, 6.07) is 0. The van der Waals surface area contributed by atoms with Crippen LogP contribution in [0.1, 0.15) is 44.9 Å². The fourth-order valence-electron chi connectivity index (χ4n) is 3.36. The van der Waals surface area contributed by atoms with Gasteiger partial charge in [0.05, 0.1) is 12.7 Å². The van der Waals surface area contributed by atoms with Crippen molar-refractivity contribution in [1.29, 1.82) is 0 Å². The second-order valence-corrected chi connectivity index (χ2v) is 5.55. The Morgan fingerprint density at radius 2 is 1.94 bits per heavy atom. The summed E-state index contributed by atoms with van der Waals surface area (Å²) in [4.78, 5) is 0. The summed E-state index contributed by atoms with van der Waals surface area (Å²) in [6.07, 6.45) is 8.00. The van der Waals surface area contributed by atoms with Crippen LogP contribution in [0.4, 0.5) is 0 Å². The van der Waals surface area contributed by atoms with E-state index in [4.69, 9.17) is 10.5 Å². The normalized spacial score (nSPS) is 32.2. The van der Waals surface area contributed by atoms with Gasteiger partial charge in [-0.15, -0.1) is 0 Å². The van der Waals surface area contributed by atoms with Crippen LogP contribution in [0.25, 0.3) is 0 Å². The van der Waals surface area contributed by atoms with E-state index in [1.54, 1.807) is 0 Å². The first-order valence-electron chi connectivity index (χ1n) is 6.74. The largest absolute Gasteiger partial charge is 0.392 e. The van der Waals surface area contributed by atoms with Crippen LogP contribution in [-0.2, 0) is 4.74 Å². The standard InChI is InChI=1S/C13H25NO2/c14-10-13(6-3-1-2-4-7-13)12(15)11-5-8-16-9-11/h11-12,15H,1-10,14H2. The van der Waals surface area contributed by atoms with E-state index in [0.29, 0.717) is 12.5 Å². The maximum atomic E-state index is 10.6. The minimum Gasteiger partial charge on any atom is -0.392 e. The molecule has 0 amide bonds. The van der Waals surface area contributed by atoms with Crippen molar-refractivity contribution in [2.75, 3.05) is 19.8 Å². The number of hydrogen-bond acceptors (Lipinski definition) is 3. The van der Waals surface area contributed by atoms with E-state index < -0.39 is 0 Å². The van der Waals surface area contributed by atoms with Gasteiger partial charge in [0, 0.05) is 24.5 Å². The monoisotopic (exact) mass is 227 g/mol. The van der Waals surface area contributed by atoms with Gasteiger partial charge in [-0.1, -0.05) is 25.7 Å². The zero-order chi connectivity index (χ0) is 11.4. The number of aliphatic hydroxyl groups excluding tert-OH is 1. The van der Waals surface area contributed by atoms with Crippen LogP contribution in [-0.4, -0.2) is 31.0 Å². The number of hydrogen-bond donors (Lipinski definition) is 2. The number of nitrogens with two attached hydrogens (primary N) is 1. The average molecular weight is 227 g/mol. The highest BCUT2D eigenvalue weighted by molar-refractivity contribution is 4.93. The molecule has 0 aromatic heterocycles. The van der Waals surface area contributed by atoms with Crippen molar-refractivity contribution in [3.05, 3.63) is 0 Å². The van der Waals surface area contributed by atoms with Crippen LogP contribution in [0.5, 0.6) is 0 Å². The highest BCUT2D eigenvalue weighted by Crippen LogP contribution is 2.41. The molecular weight excluding hydrogens is 202 g/mol. The van der Waals surface area contributed by atoms with Gasteiger partial charge in [0.1, 0.15) is 0 Å². The lowest BCUT2D eigenvalue weighted by molar-refractivity contribution is -0.0266. The molecule has 2 rings (SSSR count). The van der Waals surface area contributed by atoms with Crippen LogP contribution in [0.3, 0.4) is 0 Å². The Balaban J connectivity index is 2.05. The van der Waals surface area contributed by atoms with E-state index in [9.17, 15) is 5.11 Å². The predicted molar refractivity (Wildman–Crippen MR) is 64.1 cm³/mol. The molecule has 1 saturated carbocycles. The lowest BCUT2D eigenvalue weighted by atomic mass is 9.71. The molecule has 0 bridgehead atoms. The Labute approximate surface area is 98.4 Å². The zero-order valence-corrected chi connectivity index (χ0v) is 10.2. The molecular formula is C13H25NO2. The number of ether oxygens (including phenoxy) is 1. The molecule has 0 aromatic rings. The van der Waals surface area contributed by atoms with Crippen molar-refractivity contribution in [2.24, 2.45) is 17.1 Å². The molecule has 2 aliphatic rings. The van der Waals surface area contributed by atoms with Gasteiger partial charge < -0.3 is 15.6 Å². The SMILES string of the molecule is NCC1(C(O)C2CCOC2)CCCCCC1. The Bertz CT molecular complexity index is 206. The third kappa shape index (κ3) is 2.41. The molecule has 1 aliphatic heterocycles. The van der Waals surface area contributed by atoms with Gasteiger partial charge in [-0.05, 0) is 19.3 Å². The fourth-order valence-corrected chi connectivity index (χ4v) is 3.36. The van der Waals surface area contributed by atoms with E-state index in [-0.39, 0.29) is 11.5 Å². The van der Waals surface area contributed by atoms with Gasteiger partial charge in [-0.2, -0.15) is 0 Å². The molecule has 1 aliphatic carbocycles. The minimum atomic E-state index is -0.252. The molecule has 3 N–H and O–H groups in total. The Morgan fingerprint density at radius 3 is 2.44 bits per heavy atom. The molecule has 1 saturated heterocycles. The van der Waals surface area contributed by atoms with E-state index in [1.165, 1.54) is 25.7 Å². The van der Waals surface area contributed by atoms with Crippen LogP contribution in [0, 0.1) is 11.3 Å². The lowest BCUT2D eigenvalue weighted by Crippen LogP contribution is -2.45. The topological polar surface area (TPSA) is 55.5 Å². The Morgan fingerprint density at radius 1 is 1.25 bits per heavy atom. The number of aliphatic hydroxyl groups is 1.